The number of hydrogen-bond acceptors (Lipinski definition) is 7. The zero-order chi connectivity index (χ0) is 16.6. The summed E-state index contributed by atoms with van der Waals surface area (Å²) in [5.74, 6) is -1.04. The van der Waals surface area contributed by atoms with Crippen molar-refractivity contribution in [3.8, 4) is 0 Å². The summed E-state index contributed by atoms with van der Waals surface area (Å²) in [4.78, 5) is 22.7. The first-order valence-electron chi connectivity index (χ1n) is 5.44. The summed E-state index contributed by atoms with van der Waals surface area (Å²) >= 11 is 5.76. The fraction of sp³-hybridized carbons (Fsp3) is 0.400. The van der Waals surface area contributed by atoms with Gasteiger partial charge in [0.05, 0.1) is 23.4 Å². The Morgan fingerprint density at radius 2 is 1.81 bits per heavy atom. The zero-order valence-corrected chi connectivity index (χ0v) is 13.7. The standard InChI is InChI=1S/C10H12ClNO7S2/c1-4-19-10(14)6-5-12(21(3,17)18)9(13)8(7(6)11)20(2,15)16/h5H,4H2,1-3H3. The molecule has 1 aromatic heterocycles. The van der Waals surface area contributed by atoms with E-state index in [9.17, 15) is 26.4 Å². The highest BCUT2D eigenvalue weighted by molar-refractivity contribution is 7.91. The molecule has 0 N–H and O–H groups in total. The summed E-state index contributed by atoms with van der Waals surface area (Å²) in [6.07, 6.45) is 2.01. The number of hydrogen-bond donors (Lipinski definition) is 0. The maximum absolute atomic E-state index is 12.0. The quantitative estimate of drug-likeness (QED) is 0.690. The average molecular weight is 358 g/mol. The molecule has 0 aliphatic heterocycles. The molecule has 118 valence electrons. The number of sulfone groups is 1. The van der Waals surface area contributed by atoms with Crippen LogP contribution in [0, 0.1) is 0 Å². The number of carbonyl (C=O) groups is 1. The average Bonchev–Trinajstić information content (AvgIpc) is 2.25. The van der Waals surface area contributed by atoms with Gasteiger partial charge in [-0.25, -0.2) is 25.6 Å². The van der Waals surface area contributed by atoms with Crippen LogP contribution in [0.1, 0.15) is 17.3 Å². The van der Waals surface area contributed by atoms with E-state index in [-0.39, 0.29) is 10.6 Å². The molecule has 1 rings (SSSR count). The van der Waals surface area contributed by atoms with Crippen LogP contribution in [-0.4, -0.2) is 45.9 Å². The molecule has 1 aromatic rings. The van der Waals surface area contributed by atoms with Gasteiger partial charge in [0.25, 0.3) is 5.56 Å². The van der Waals surface area contributed by atoms with Gasteiger partial charge in [0, 0.05) is 12.5 Å². The number of esters is 1. The van der Waals surface area contributed by atoms with Crippen LogP contribution in [0.25, 0.3) is 0 Å². The van der Waals surface area contributed by atoms with Gasteiger partial charge < -0.3 is 4.74 Å². The molecular weight excluding hydrogens is 346 g/mol. The molecule has 0 bridgehead atoms. The molecule has 0 aliphatic rings. The van der Waals surface area contributed by atoms with Crippen molar-refractivity contribution >= 4 is 37.4 Å². The van der Waals surface area contributed by atoms with Gasteiger partial charge in [-0.05, 0) is 6.92 Å². The van der Waals surface area contributed by atoms with Gasteiger partial charge in [-0.2, -0.15) is 0 Å². The summed E-state index contributed by atoms with van der Waals surface area (Å²) in [5, 5.41) is -0.666. The van der Waals surface area contributed by atoms with Crippen LogP contribution in [0.15, 0.2) is 15.9 Å². The summed E-state index contributed by atoms with van der Waals surface area (Å²) in [6, 6.07) is 0. The molecule has 11 heteroatoms. The lowest BCUT2D eigenvalue weighted by Crippen LogP contribution is -2.32. The lowest BCUT2D eigenvalue weighted by molar-refractivity contribution is 0.0525. The topological polar surface area (TPSA) is 117 Å². The molecule has 21 heavy (non-hydrogen) atoms. The maximum Gasteiger partial charge on any atom is 0.341 e. The molecule has 8 nitrogen and oxygen atoms in total. The fourth-order valence-corrected chi connectivity index (χ4v) is 3.69. The number of nitrogens with zero attached hydrogens (tertiary/aromatic N) is 1. The summed E-state index contributed by atoms with van der Waals surface area (Å²) in [7, 11) is -8.29. The second kappa shape index (κ2) is 5.78. The smallest absolute Gasteiger partial charge is 0.341 e. The molecule has 0 atom stereocenters. The summed E-state index contributed by atoms with van der Waals surface area (Å²) in [5.41, 5.74) is -1.87. The van der Waals surface area contributed by atoms with E-state index in [2.05, 4.69) is 4.74 Å². The first kappa shape index (κ1) is 17.7. The van der Waals surface area contributed by atoms with Crippen LogP contribution >= 0.6 is 11.6 Å². The van der Waals surface area contributed by atoms with Crippen molar-refractivity contribution in [1.82, 2.24) is 3.97 Å². The van der Waals surface area contributed by atoms with Crippen molar-refractivity contribution < 1.29 is 26.4 Å². The highest BCUT2D eigenvalue weighted by Crippen LogP contribution is 2.23. The van der Waals surface area contributed by atoms with E-state index in [1.807, 2.05) is 0 Å². The van der Waals surface area contributed by atoms with E-state index in [1.165, 1.54) is 6.92 Å². The predicted octanol–water partition coefficient (Wildman–Crippen LogP) is -0.110. The summed E-state index contributed by atoms with van der Waals surface area (Å²) in [6.45, 7) is 1.46. The first-order valence-corrected chi connectivity index (χ1v) is 9.56. The van der Waals surface area contributed by atoms with Crippen LogP contribution in [0.2, 0.25) is 5.02 Å². The lowest BCUT2D eigenvalue weighted by Gasteiger charge is -2.11. The van der Waals surface area contributed by atoms with E-state index in [0.717, 1.165) is 0 Å². The molecule has 0 saturated carbocycles. The third-order valence-electron chi connectivity index (χ3n) is 2.30. The molecule has 0 aliphatic carbocycles. The molecule has 0 aromatic carbocycles. The fourth-order valence-electron chi connectivity index (χ4n) is 1.47. The minimum absolute atomic E-state index is 0.0403. The third-order valence-corrected chi connectivity index (χ3v) is 4.91. The number of ether oxygens (including phenoxy) is 1. The maximum atomic E-state index is 12.0. The van der Waals surface area contributed by atoms with Crippen molar-refractivity contribution in [2.45, 2.75) is 11.8 Å². The molecular formula is C10H12ClNO7S2. The van der Waals surface area contributed by atoms with E-state index >= 15 is 0 Å². The Hall–Kier alpha value is -1.39. The highest BCUT2D eigenvalue weighted by atomic mass is 35.5. The van der Waals surface area contributed by atoms with Crippen LogP contribution in [-0.2, 0) is 24.6 Å². The highest BCUT2D eigenvalue weighted by Gasteiger charge is 2.28. The van der Waals surface area contributed by atoms with E-state index in [1.54, 1.807) is 0 Å². The Morgan fingerprint density at radius 1 is 1.29 bits per heavy atom. The predicted molar refractivity (Wildman–Crippen MR) is 75.0 cm³/mol. The van der Waals surface area contributed by atoms with Gasteiger partial charge >= 0.3 is 5.97 Å². The Kier molecular flexibility index (Phi) is 4.86. The minimum atomic E-state index is -4.16. The normalized spacial score (nSPS) is 12.2. The van der Waals surface area contributed by atoms with Crippen molar-refractivity contribution in [1.29, 1.82) is 0 Å². The van der Waals surface area contributed by atoms with Crippen molar-refractivity contribution in [2.24, 2.45) is 0 Å². The number of aromatic nitrogens is 1. The number of halogens is 1. The Bertz CT molecular complexity index is 852. The minimum Gasteiger partial charge on any atom is -0.462 e. The molecule has 0 unspecified atom stereocenters. The zero-order valence-electron chi connectivity index (χ0n) is 11.3. The van der Waals surface area contributed by atoms with E-state index < -0.39 is 46.9 Å². The van der Waals surface area contributed by atoms with Gasteiger partial charge in [0.2, 0.25) is 10.0 Å². The first-order chi connectivity index (χ1) is 9.41. The molecule has 0 radical (unpaired) electrons. The van der Waals surface area contributed by atoms with Crippen molar-refractivity contribution in [2.75, 3.05) is 19.1 Å². The third kappa shape index (κ3) is 3.63. The van der Waals surface area contributed by atoms with E-state index in [4.69, 9.17) is 11.6 Å². The van der Waals surface area contributed by atoms with Crippen molar-refractivity contribution in [3.63, 3.8) is 0 Å². The van der Waals surface area contributed by atoms with Crippen LogP contribution in [0.5, 0.6) is 0 Å². The number of carbonyl (C=O) groups excluding carboxylic acids is 1. The number of pyridine rings is 1. The van der Waals surface area contributed by atoms with Crippen LogP contribution in [0.3, 0.4) is 0 Å². The molecule has 0 saturated heterocycles. The van der Waals surface area contributed by atoms with Crippen LogP contribution < -0.4 is 5.56 Å². The monoisotopic (exact) mass is 357 g/mol. The molecule has 1 heterocycles. The largest absolute Gasteiger partial charge is 0.462 e. The van der Waals surface area contributed by atoms with Gasteiger partial charge in [-0.3, -0.25) is 4.79 Å². The summed E-state index contributed by atoms with van der Waals surface area (Å²) < 4.78 is 51.2. The number of rotatable bonds is 4. The van der Waals surface area contributed by atoms with Crippen LogP contribution in [0.4, 0.5) is 0 Å². The van der Waals surface area contributed by atoms with Crippen molar-refractivity contribution in [3.05, 3.63) is 27.1 Å². The van der Waals surface area contributed by atoms with Gasteiger partial charge in [-0.15, -0.1) is 0 Å². The molecule has 0 amide bonds. The Morgan fingerprint density at radius 3 is 2.19 bits per heavy atom. The van der Waals surface area contributed by atoms with Gasteiger partial charge in [0.15, 0.2) is 14.7 Å². The molecule has 0 fully saturated rings. The van der Waals surface area contributed by atoms with Gasteiger partial charge in [-0.1, -0.05) is 11.6 Å². The molecule has 0 spiro atoms. The van der Waals surface area contributed by atoms with Gasteiger partial charge in [0.1, 0.15) is 0 Å². The lowest BCUT2D eigenvalue weighted by atomic mass is 10.3. The Balaban J connectivity index is 3.96. The second-order valence-corrected chi connectivity index (χ2v) is 8.23. The Labute approximate surface area is 126 Å². The SMILES string of the molecule is CCOC(=O)c1cn(S(C)(=O)=O)c(=O)c(S(C)(=O)=O)c1Cl. The second-order valence-electron chi connectivity index (χ2n) is 4.04. The van der Waals surface area contributed by atoms with E-state index in [0.29, 0.717) is 18.7 Å².